The number of benzene rings is 1. The molecule has 0 amide bonds. The zero-order valence-corrected chi connectivity index (χ0v) is 13.4. The van der Waals surface area contributed by atoms with Crippen LogP contribution in [0.25, 0.3) is 0 Å². The molecule has 1 fully saturated rings. The summed E-state index contributed by atoms with van der Waals surface area (Å²) in [5.74, 6) is 2.79. The molecule has 0 nitrogen and oxygen atoms in total. The maximum absolute atomic E-state index is 2.39. The first-order chi connectivity index (χ1) is 8.97. The molecule has 0 heterocycles. The predicted molar refractivity (Wildman–Crippen MR) is 84.6 cm³/mol. The highest BCUT2D eigenvalue weighted by Crippen LogP contribution is 2.35. The van der Waals surface area contributed by atoms with Crippen LogP contribution in [-0.4, -0.2) is 0 Å². The summed E-state index contributed by atoms with van der Waals surface area (Å²) in [6, 6.07) is 4.70. The third kappa shape index (κ3) is 3.61. The van der Waals surface area contributed by atoms with Gasteiger partial charge in [-0.3, -0.25) is 0 Å². The van der Waals surface area contributed by atoms with Crippen molar-refractivity contribution < 1.29 is 0 Å². The zero-order valence-electron chi connectivity index (χ0n) is 13.4. The van der Waals surface area contributed by atoms with Crippen LogP contribution in [0.1, 0.15) is 61.8 Å². The van der Waals surface area contributed by atoms with Crippen LogP contribution in [0.3, 0.4) is 0 Å². The largest absolute Gasteiger partial charge is 0.0625 e. The van der Waals surface area contributed by atoms with Gasteiger partial charge in [0, 0.05) is 0 Å². The Morgan fingerprint density at radius 3 is 1.95 bits per heavy atom. The van der Waals surface area contributed by atoms with Crippen molar-refractivity contribution in [1.29, 1.82) is 0 Å². The molecule has 0 radical (unpaired) electrons. The van der Waals surface area contributed by atoms with Crippen LogP contribution in [0.15, 0.2) is 12.1 Å². The lowest BCUT2D eigenvalue weighted by molar-refractivity contribution is 0.223. The summed E-state index contributed by atoms with van der Waals surface area (Å²) >= 11 is 0. The van der Waals surface area contributed by atoms with Gasteiger partial charge in [0.1, 0.15) is 0 Å². The molecule has 2 rings (SSSR count). The van der Waals surface area contributed by atoms with Crippen molar-refractivity contribution in [2.24, 2.45) is 17.8 Å². The van der Waals surface area contributed by atoms with Crippen LogP contribution in [0, 0.1) is 38.5 Å². The minimum Gasteiger partial charge on any atom is -0.0625 e. The van der Waals surface area contributed by atoms with E-state index < -0.39 is 0 Å². The van der Waals surface area contributed by atoms with Gasteiger partial charge in [0.25, 0.3) is 0 Å². The molecule has 1 aliphatic carbocycles. The Labute approximate surface area is 119 Å². The van der Waals surface area contributed by atoms with E-state index in [2.05, 4.69) is 46.8 Å². The quantitative estimate of drug-likeness (QED) is 0.660. The van der Waals surface area contributed by atoms with Gasteiger partial charge in [-0.2, -0.15) is 0 Å². The van der Waals surface area contributed by atoms with E-state index in [1.807, 2.05) is 0 Å². The molecule has 0 bridgehead atoms. The number of rotatable bonds is 3. The van der Waals surface area contributed by atoms with Gasteiger partial charge in [0.2, 0.25) is 0 Å². The highest BCUT2D eigenvalue weighted by atomic mass is 14.3. The van der Waals surface area contributed by atoms with Gasteiger partial charge in [-0.05, 0) is 87.3 Å². The van der Waals surface area contributed by atoms with Crippen molar-refractivity contribution >= 4 is 0 Å². The molecule has 1 aromatic carbocycles. The molecule has 19 heavy (non-hydrogen) atoms. The molecule has 0 spiro atoms. The first-order valence-corrected chi connectivity index (χ1v) is 8.04. The summed E-state index contributed by atoms with van der Waals surface area (Å²) in [5, 5.41) is 0. The highest BCUT2D eigenvalue weighted by molar-refractivity contribution is 5.37. The van der Waals surface area contributed by atoms with E-state index >= 15 is 0 Å². The summed E-state index contributed by atoms with van der Waals surface area (Å²) in [5.41, 5.74) is 6.04. The SMILES string of the molecule is Cc1cc(C)c(CC2CCC(C(C)C)CC2)c(C)c1. The molecule has 0 aromatic heterocycles. The lowest BCUT2D eigenvalue weighted by Gasteiger charge is -2.31. The summed E-state index contributed by atoms with van der Waals surface area (Å²) in [4.78, 5) is 0. The van der Waals surface area contributed by atoms with E-state index in [4.69, 9.17) is 0 Å². The number of aryl methyl sites for hydroxylation is 3. The molecule has 106 valence electrons. The second-order valence-corrected chi connectivity index (χ2v) is 7.11. The van der Waals surface area contributed by atoms with E-state index in [1.165, 1.54) is 48.8 Å². The lowest BCUT2D eigenvalue weighted by Crippen LogP contribution is -2.20. The van der Waals surface area contributed by atoms with Crippen LogP contribution < -0.4 is 0 Å². The topological polar surface area (TPSA) is 0 Å². The first-order valence-electron chi connectivity index (χ1n) is 8.04. The molecule has 1 aromatic rings. The Bertz CT molecular complexity index is 397. The van der Waals surface area contributed by atoms with Crippen molar-refractivity contribution in [2.75, 3.05) is 0 Å². The molecule has 0 heteroatoms. The van der Waals surface area contributed by atoms with Gasteiger partial charge in [0.15, 0.2) is 0 Å². The minimum atomic E-state index is 0.879. The van der Waals surface area contributed by atoms with Gasteiger partial charge < -0.3 is 0 Å². The highest BCUT2D eigenvalue weighted by Gasteiger charge is 2.24. The van der Waals surface area contributed by atoms with Crippen LogP contribution in [-0.2, 0) is 6.42 Å². The Morgan fingerprint density at radius 2 is 1.47 bits per heavy atom. The number of hydrogen-bond acceptors (Lipinski definition) is 0. The second kappa shape index (κ2) is 6.11. The smallest absolute Gasteiger partial charge is 0.0245 e. The summed E-state index contributed by atoms with van der Waals surface area (Å²) in [6.07, 6.45) is 7.09. The zero-order chi connectivity index (χ0) is 14.0. The third-order valence-corrected chi connectivity index (χ3v) is 5.17. The van der Waals surface area contributed by atoms with Crippen LogP contribution in [0.2, 0.25) is 0 Å². The molecule has 0 saturated heterocycles. The van der Waals surface area contributed by atoms with Gasteiger partial charge in [-0.1, -0.05) is 31.5 Å². The molecule has 0 atom stereocenters. The molecular formula is C19H30. The van der Waals surface area contributed by atoms with Crippen molar-refractivity contribution in [3.63, 3.8) is 0 Å². The van der Waals surface area contributed by atoms with Crippen LogP contribution >= 0.6 is 0 Å². The normalized spacial score (nSPS) is 23.9. The van der Waals surface area contributed by atoms with Gasteiger partial charge in [-0.15, -0.1) is 0 Å². The van der Waals surface area contributed by atoms with E-state index in [1.54, 1.807) is 5.56 Å². The molecule has 0 N–H and O–H groups in total. The molecular weight excluding hydrogens is 228 g/mol. The van der Waals surface area contributed by atoms with Crippen molar-refractivity contribution in [3.8, 4) is 0 Å². The maximum Gasteiger partial charge on any atom is -0.0245 e. The van der Waals surface area contributed by atoms with Crippen molar-refractivity contribution in [2.45, 2.75) is 66.7 Å². The Balaban J connectivity index is 2.00. The molecule has 1 aliphatic rings. The molecule has 0 unspecified atom stereocenters. The monoisotopic (exact) mass is 258 g/mol. The van der Waals surface area contributed by atoms with E-state index in [-0.39, 0.29) is 0 Å². The first kappa shape index (κ1) is 14.6. The lowest BCUT2D eigenvalue weighted by atomic mass is 9.74. The fourth-order valence-electron chi connectivity index (χ4n) is 3.88. The second-order valence-electron chi connectivity index (χ2n) is 7.11. The Morgan fingerprint density at radius 1 is 0.947 bits per heavy atom. The average Bonchev–Trinajstić information content (AvgIpc) is 2.34. The standard InChI is InChI=1S/C19H30/c1-13(2)18-8-6-17(7-9-18)12-19-15(4)10-14(3)11-16(19)5/h10-11,13,17-18H,6-9,12H2,1-5H3. The van der Waals surface area contributed by atoms with Crippen molar-refractivity contribution in [1.82, 2.24) is 0 Å². The van der Waals surface area contributed by atoms with E-state index in [0.717, 1.165) is 17.8 Å². The molecule has 0 aliphatic heterocycles. The predicted octanol–water partition coefficient (Wildman–Crippen LogP) is 5.62. The van der Waals surface area contributed by atoms with Crippen LogP contribution in [0.5, 0.6) is 0 Å². The summed E-state index contributed by atoms with van der Waals surface area (Å²) in [7, 11) is 0. The fraction of sp³-hybridized carbons (Fsp3) is 0.684. The van der Waals surface area contributed by atoms with Gasteiger partial charge >= 0.3 is 0 Å². The van der Waals surface area contributed by atoms with Crippen LogP contribution in [0.4, 0.5) is 0 Å². The Kier molecular flexibility index (Phi) is 4.71. The third-order valence-electron chi connectivity index (χ3n) is 5.17. The van der Waals surface area contributed by atoms with E-state index in [9.17, 15) is 0 Å². The maximum atomic E-state index is 2.39. The Hall–Kier alpha value is -0.780. The fourth-order valence-corrected chi connectivity index (χ4v) is 3.88. The van der Waals surface area contributed by atoms with E-state index in [0.29, 0.717) is 0 Å². The summed E-state index contributed by atoms with van der Waals surface area (Å²) in [6.45, 7) is 11.6. The number of hydrogen-bond donors (Lipinski definition) is 0. The summed E-state index contributed by atoms with van der Waals surface area (Å²) < 4.78 is 0. The van der Waals surface area contributed by atoms with Gasteiger partial charge in [0.05, 0.1) is 0 Å². The molecule has 1 saturated carbocycles. The minimum absolute atomic E-state index is 0.879. The average molecular weight is 258 g/mol. The van der Waals surface area contributed by atoms with Gasteiger partial charge in [-0.25, -0.2) is 0 Å². The van der Waals surface area contributed by atoms with Crippen molar-refractivity contribution in [3.05, 3.63) is 34.4 Å².